The molecule has 0 saturated heterocycles. The van der Waals surface area contributed by atoms with Gasteiger partial charge in [-0.1, -0.05) is 79.8 Å². The lowest BCUT2D eigenvalue weighted by Crippen LogP contribution is -1.99. The highest BCUT2D eigenvalue weighted by molar-refractivity contribution is 8.02. The molecule has 1 unspecified atom stereocenters. The number of benzene rings is 1. The van der Waals surface area contributed by atoms with Crippen LogP contribution in [0.3, 0.4) is 0 Å². The Labute approximate surface area is 132 Å². The van der Waals surface area contributed by atoms with Gasteiger partial charge in [0, 0.05) is 11.7 Å². The minimum Gasteiger partial charge on any atom is -0.130 e. The van der Waals surface area contributed by atoms with Crippen LogP contribution in [0.4, 0.5) is 0 Å². The first kappa shape index (κ1) is 15.7. The fourth-order valence-electron chi connectivity index (χ4n) is 2.25. The van der Waals surface area contributed by atoms with E-state index in [2.05, 4.69) is 92.1 Å². The molecule has 0 aromatic heterocycles. The maximum atomic E-state index is 2.31. The van der Waals surface area contributed by atoms with E-state index >= 15 is 0 Å². The maximum absolute atomic E-state index is 2.31. The molecule has 0 bridgehead atoms. The topological polar surface area (TPSA) is 0 Å². The Bertz CT molecular complexity index is 586. The van der Waals surface area contributed by atoms with Crippen molar-refractivity contribution >= 4 is 17.3 Å². The first-order valence-electron chi connectivity index (χ1n) is 7.36. The second-order valence-electron chi connectivity index (χ2n) is 4.98. The average Bonchev–Trinajstić information content (AvgIpc) is 2.62. The molecule has 0 radical (unpaired) electrons. The Hall–Kier alpha value is -1.73. The molecule has 0 spiro atoms. The van der Waals surface area contributed by atoms with Crippen LogP contribution in [0.5, 0.6) is 0 Å². The van der Waals surface area contributed by atoms with Gasteiger partial charge < -0.3 is 0 Å². The van der Waals surface area contributed by atoms with Gasteiger partial charge in [0.1, 0.15) is 0 Å². The molecule has 0 nitrogen and oxygen atoms in total. The summed E-state index contributed by atoms with van der Waals surface area (Å²) in [5, 5.41) is 2.31. The zero-order chi connectivity index (χ0) is 14.9. The molecule has 1 aliphatic rings. The number of thioether (sulfide) groups is 1. The second kappa shape index (κ2) is 8.53. The molecule has 1 aromatic carbocycles. The summed E-state index contributed by atoms with van der Waals surface area (Å²) in [5.41, 5.74) is 3.96. The van der Waals surface area contributed by atoms with Crippen LogP contribution in [-0.2, 0) is 0 Å². The van der Waals surface area contributed by atoms with E-state index in [1.54, 1.807) is 0 Å². The van der Waals surface area contributed by atoms with Gasteiger partial charge >= 0.3 is 0 Å². The molecule has 108 valence electrons. The summed E-state index contributed by atoms with van der Waals surface area (Å²) in [6.07, 6.45) is 15.2. The first-order valence-corrected chi connectivity index (χ1v) is 8.41. The van der Waals surface area contributed by atoms with Crippen LogP contribution in [-0.4, -0.2) is 5.75 Å². The summed E-state index contributed by atoms with van der Waals surface area (Å²) in [6, 6.07) is 10.6. The third kappa shape index (κ3) is 4.64. The van der Waals surface area contributed by atoms with Crippen molar-refractivity contribution in [1.29, 1.82) is 0 Å². The monoisotopic (exact) mass is 294 g/mol. The average molecular weight is 294 g/mol. The van der Waals surface area contributed by atoms with Crippen molar-refractivity contribution in [2.45, 2.75) is 13.8 Å². The van der Waals surface area contributed by atoms with Crippen LogP contribution >= 0.6 is 11.8 Å². The number of hydrogen-bond acceptors (Lipinski definition) is 1. The number of rotatable bonds is 3. The summed E-state index contributed by atoms with van der Waals surface area (Å²) >= 11 is 1.86. The van der Waals surface area contributed by atoms with Crippen LogP contribution < -0.4 is 0 Å². The van der Waals surface area contributed by atoms with Gasteiger partial charge in [0.05, 0.1) is 0 Å². The predicted octanol–water partition coefficient (Wildman–Crippen LogP) is 6.03. The third-order valence-corrected chi connectivity index (χ3v) is 4.20. The fourth-order valence-corrected chi connectivity index (χ4v) is 3.09. The Morgan fingerprint density at radius 1 is 1.19 bits per heavy atom. The van der Waals surface area contributed by atoms with Gasteiger partial charge in [0.25, 0.3) is 0 Å². The molecule has 1 aliphatic heterocycles. The van der Waals surface area contributed by atoms with Crippen LogP contribution in [0.25, 0.3) is 5.57 Å². The van der Waals surface area contributed by atoms with Crippen molar-refractivity contribution in [2.75, 3.05) is 5.75 Å². The summed E-state index contributed by atoms with van der Waals surface area (Å²) in [4.78, 5) is 0. The summed E-state index contributed by atoms with van der Waals surface area (Å²) in [5.74, 6) is 1.42. The Morgan fingerprint density at radius 3 is 2.76 bits per heavy atom. The minimum absolute atomic E-state index is 0.400. The van der Waals surface area contributed by atoms with Crippen molar-refractivity contribution in [3.8, 4) is 0 Å². The molecule has 1 heterocycles. The normalized spacial score (nSPS) is 25.5. The zero-order valence-electron chi connectivity index (χ0n) is 12.7. The fraction of sp³-hybridized carbons (Fsp3) is 0.200. The van der Waals surface area contributed by atoms with E-state index in [1.165, 1.54) is 16.7 Å². The van der Waals surface area contributed by atoms with E-state index in [-0.39, 0.29) is 0 Å². The highest BCUT2D eigenvalue weighted by Gasteiger charge is 2.13. The van der Waals surface area contributed by atoms with Crippen LogP contribution in [0.2, 0.25) is 0 Å². The zero-order valence-corrected chi connectivity index (χ0v) is 13.5. The number of allylic oxidation sites excluding steroid dienone is 8. The van der Waals surface area contributed by atoms with Gasteiger partial charge in [0.15, 0.2) is 0 Å². The lowest BCUT2D eigenvalue weighted by atomic mass is 9.89. The van der Waals surface area contributed by atoms with E-state index in [4.69, 9.17) is 0 Å². The maximum Gasteiger partial charge on any atom is 0.0158 e. The molecule has 0 fully saturated rings. The van der Waals surface area contributed by atoms with Gasteiger partial charge in [0.2, 0.25) is 0 Å². The number of hydrogen-bond donors (Lipinski definition) is 0. The van der Waals surface area contributed by atoms with E-state index in [0.29, 0.717) is 5.92 Å². The smallest absolute Gasteiger partial charge is 0.0158 e. The predicted molar refractivity (Wildman–Crippen MR) is 97.2 cm³/mol. The van der Waals surface area contributed by atoms with Crippen molar-refractivity contribution in [3.63, 3.8) is 0 Å². The standard InChI is InChI=1S/C20H22S/c1-3-4-14-19(18-12-8-5-9-13-18)20-16-21-15-10-6-7-11-17(20)2/h3-14,16-17H,15H2,1-2H3/b4-3-,10-6-,11-7-,19-14-,20-16-. The molecular formula is C20H22S. The Kier molecular flexibility index (Phi) is 6.36. The lowest BCUT2D eigenvalue weighted by molar-refractivity contribution is 0.900. The molecule has 1 aromatic rings. The quantitative estimate of drug-likeness (QED) is 0.614. The molecule has 0 amide bonds. The molecule has 21 heavy (non-hydrogen) atoms. The van der Waals surface area contributed by atoms with Gasteiger partial charge in [-0.05, 0) is 29.0 Å². The van der Waals surface area contributed by atoms with Crippen molar-refractivity contribution in [3.05, 3.63) is 89.4 Å². The van der Waals surface area contributed by atoms with Crippen LogP contribution in [0, 0.1) is 5.92 Å². The molecular weight excluding hydrogens is 272 g/mol. The van der Waals surface area contributed by atoms with E-state index < -0.39 is 0 Å². The Morgan fingerprint density at radius 2 is 2.00 bits per heavy atom. The third-order valence-electron chi connectivity index (χ3n) is 3.39. The van der Waals surface area contributed by atoms with E-state index in [1.807, 2.05) is 11.8 Å². The molecule has 0 saturated carbocycles. The highest BCUT2D eigenvalue weighted by Crippen LogP contribution is 2.32. The molecule has 1 atom stereocenters. The molecule has 0 aliphatic carbocycles. The van der Waals surface area contributed by atoms with Gasteiger partial charge in [-0.3, -0.25) is 0 Å². The van der Waals surface area contributed by atoms with Crippen molar-refractivity contribution < 1.29 is 0 Å². The van der Waals surface area contributed by atoms with E-state index in [0.717, 1.165) is 5.75 Å². The minimum atomic E-state index is 0.400. The lowest BCUT2D eigenvalue weighted by Gasteiger charge is -2.17. The van der Waals surface area contributed by atoms with Crippen molar-refractivity contribution in [2.24, 2.45) is 5.92 Å². The second-order valence-corrected chi connectivity index (χ2v) is 5.88. The molecule has 0 N–H and O–H groups in total. The first-order chi connectivity index (χ1) is 10.3. The van der Waals surface area contributed by atoms with Crippen molar-refractivity contribution in [1.82, 2.24) is 0 Å². The van der Waals surface area contributed by atoms with Crippen LogP contribution in [0.15, 0.2) is 83.8 Å². The van der Waals surface area contributed by atoms with Gasteiger partial charge in [-0.2, -0.15) is 0 Å². The van der Waals surface area contributed by atoms with Crippen LogP contribution in [0.1, 0.15) is 19.4 Å². The van der Waals surface area contributed by atoms with Gasteiger partial charge in [-0.15, -0.1) is 11.8 Å². The Balaban J connectivity index is 2.44. The summed E-state index contributed by atoms with van der Waals surface area (Å²) in [6.45, 7) is 4.31. The molecule has 2 rings (SSSR count). The summed E-state index contributed by atoms with van der Waals surface area (Å²) in [7, 11) is 0. The molecule has 1 heteroatoms. The largest absolute Gasteiger partial charge is 0.130 e. The van der Waals surface area contributed by atoms with E-state index in [9.17, 15) is 0 Å². The summed E-state index contributed by atoms with van der Waals surface area (Å²) < 4.78 is 0. The van der Waals surface area contributed by atoms with Gasteiger partial charge in [-0.25, -0.2) is 0 Å². The highest BCUT2D eigenvalue weighted by atomic mass is 32.2. The SMILES string of the molecule is C\C=C/C=C(\C1=C/SC/C=C\C=C/C1C)c1ccccc1.